The minimum atomic E-state index is -0.773. The zero-order valence-corrected chi connectivity index (χ0v) is 20.4. The molecule has 1 aromatic heterocycles. The van der Waals surface area contributed by atoms with Crippen LogP contribution in [0.4, 0.5) is 0 Å². The molecule has 0 saturated heterocycles. The highest BCUT2D eigenvalue weighted by molar-refractivity contribution is 5.98. The molecule has 2 amide bonds. The average molecular weight is 489 g/mol. The molecule has 0 aliphatic carbocycles. The Hall–Kier alpha value is -3.82. The van der Waals surface area contributed by atoms with E-state index in [1.165, 1.54) is 0 Å². The molecule has 0 saturated carbocycles. The molecule has 36 heavy (non-hydrogen) atoms. The van der Waals surface area contributed by atoms with Gasteiger partial charge in [-0.3, -0.25) is 14.6 Å². The summed E-state index contributed by atoms with van der Waals surface area (Å²) >= 11 is 0. The molecule has 4 rings (SSSR count). The van der Waals surface area contributed by atoms with E-state index in [-0.39, 0.29) is 18.4 Å². The lowest BCUT2D eigenvalue weighted by Gasteiger charge is -2.36. The summed E-state index contributed by atoms with van der Waals surface area (Å²) in [6, 6.07) is 14.3. The van der Waals surface area contributed by atoms with E-state index >= 15 is 0 Å². The largest absolute Gasteiger partial charge is 0.396 e. The Bertz CT molecular complexity index is 1250. The topological polar surface area (TPSA) is 137 Å². The molecule has 0 bridgehead atoms. The van der Waals surface area contributed by atoms with Gasteiger partial charge in [0.2, 0.25) is 0 Å². The summed E-state index contributed by atoms with van der Waals surface area (Å²) in [6.45, 7) is 0.568. The van der Waals surface area contributed by atoms with Crippen molar-refractivity contribution < 1.29 is 14.7 Å². The number of fused-ring (bicyclic) bond motifs is 1. The third-order valence-electron chi connectivity index (χ3n) is 6.27. The first-order chi connectivity index (χ1) is 17.5. The third kappa shape index (κ3) is 5.69. The maximum atomic E-state index is 13.2. The molecule has 2 aromatic carbocycles. The summed E-state index contributed by atoms with van der Waals surface area (Å²) < 4.78 is 0. The molecule has 9 nitrogen and oxygen atoms in total. The fourth-order valence-corrected chi connectivity index (χ4v) is 4.37. The Kier molecular flexibility index (Phi) is 8.24. The van der Waals surface area contributed by atoms with Crippen LogP contribution in [-0.2, 0) is 4.79 Å². The number of nitrogens with zero attached hydrogens (tertiary/aromatic N) is 3. The van der Waals surface area contributed by atoms with Gasteiger partial charge in [0.05, 0.1) is 17.1 Å². The second kappa shape index (κ2) is 11.7. The van der Waals surface area contributed by atoms with Crippen LogP contribution in [0.25, 0.3) is 22.4 Å². The van der Waals surface area contributed by atoms with Gasteiger partial charge in [0.15, 0.2) is 0 Å². The Balaban J connectivity index is 1.48. The number of nitrogens with one attached hydrogen (secondary N) is 2. The van der Waals surface area contributed by atoms with E-state index in [2.05, 4.69) is 20.3 Å². The number of rotatable bonds is 10. The number of carbonyl (C=O) groups excluding carboxylic acids is 2. The van der Waals surface area contributed by atoms with Gasteiger partial charge >= 0.3 is 0 Å². The number of aliphatic hydroxyl groups excluding tert-OH is 1. The molecule has 5 N–H and O–H groups in total. The zero-order chi connectivity index (χ0) is 25.5. The van der Waals surface area contributed by atoms with Crippen molar-refractivity contribution in [1.82, 2.24) is 20.2 Å². The Labute approximate surface area is 210 Å². The first-order valence-corrected chi connectivity index (χ1v) is 12.2. The van der Waals surface area contributed by atoms with Gasteiger partial charge in [-0.2, -0.15) is 0 Å². The molecule has 1 aliphatic heterocycles. The van der Waals surface area contributed by atoms with Gasteiger partial charge < -0.3 is 26.0 Å². The van der Waals surface area contributed by atoms with Gasteiger partial charge in [-0.25, -0.2) is 4.98 Å². The second-order valence-corrected chi connectivity index (χ2v) is 8.78. The van der Waals surface area contributed by atoms with Crippen LogP contribution in [-0.4, -0.2) is 70.4 Å². The summed E-state index contributed by atoms with van der Waals surface area (Å²) in [5.41, 5.74) is 10.2. The van der Waals surface area contributed by atoms with Gasteiger partial charge in [0.25, 0.3) is 11.8 Å². The maximum Gasteiger partial charge on any atom is 0.251 e. The van der Waals surface area contributed by atoms with E-state index in [4.69, 9.17) is 10.8 Å². The fourth-order valence-electron chi connectivity index (χ4n) is 4.37. The number of aromatic nitrogens is 2. The van der Waals surface area contributed by atoms with Gasteiger partial charge in [-0.1, -0.05) is 30.3 Å². The van der Waals surface area contributed by atoms with Crippen LogP contribution in [0.3, 0.4) is 0 Å². The number of imidazole rings is 1. The van der Waals surface area contributed by atoms with E-state index < -0.39 is 12.2 Å². The number of hydrogen-bond acceptors (Lipinski definition) is 6. The Morgan fingerprint density at radius 2 is 2.11 bits per heavy atom. The quantitative estimate of drug-likeness (QED) is 0.257. The summed E-state index contributed by atoms with van der Waals surface area (Å²) in [7, 11) is 1.60. The molecule has 2 atom stereocenters. The zero-order valence-electron chi connectivity index (χ0n) is 20.4. The molecule has 9 heteroatoms. The van der Waals surface area contributed by atoms with Crippen LogP contribution < -0.4 is 11.1 Å². The predicted octanol–water partition coefficient (Wildman–Crippen LogP) is 2.64. The SMILES string of the molecule is CN=CC(NC(=O)c1cccc(-c2nc3ccccc3[nH]2)c1)C(N)N1CCC=C(CCCCO)C1=O. The number of hydrogen-bond donors (Lipinski definition) is 4. The van der Waals surface area contributed by atoms with Gasteiger partial charge in [-0.15, -0.1) is 0 Å². The van der Waals surface area contributed by atoms with Crippen molar-refractivity contribution in [2.75, 3.05) is 20.2 Å². The van der Waals surface area contributed by atoms with Gasteiger partial charge in [0, 0.05) is 43.1 Å². The molecule has 0 fully saturated rings. The smallest absolute Gasteiger partial charge is 0.251 e. The van der Waals surface area contributed by atoms with Gasteiger partial charge in [-0.05, 0) is 49.9 Å². The van der Waals surface area contributed by atoms with Crippen LogP contribution in [0.15, 0.2) is 65.2 Å². The van der Waals surface area contributed by atoms with E-state index in [0.717, 1.165) is 23.0 Å². The van der Waals surface area contributed by atoms with Crippen LogP contribution in [0.2, 0.25) is 0 Å². The Morgan fingerprint density at radius 1 is 1.28 bits per heavy atom. The van der Waals surface area contributed by atoms with E-state index in [9.17, 15) is 9.59 Å². The monoisotopic (exact) mass is 488 g/mol. The number of benzene rings is 2. The molecule has 2 heterocycles. The highest BCUT2D eigenvalue weighted by Crippen LogP contribution is 2.22. The van der Waals surface area contributed by atoms with E-state index in [1.54, 1.807) is 36.4 Å². The summed E-state index contributed by atoms with van der Waals surface area (Å²) in [4.78, 5) is 39.8. The number of H-pyrrole nitrogens is 1. The number of para-hydroxylation sites is 2. The molecule has 3 aromatic rings. The number of aliphatic hydroxyl groups is 1. The first kappa shape index (κ1) is 25.3. The lowest BCUT2D eigenvalue weighted by molar-refractivity contribution is -0.130. The number of nitrogens with two attached hydrogens (primary N) is 1. The Morgan fingerprint density at radius 3 is 2.89 bits per heavy atom. The average Bonchev–Trinajstić information content (AvgIpc) is 3.34. The molecule has 1 aliphatic rings. The third-order valence-corrected chi connectivity index (χ3v) is 6.27. The van der Waals surface area contributed by atoms with Gasteiger partial charge in [0.1, 0.15) is 12.0 Å². The maximum absolute atomic E-state index is 13.2. The lowest BCUT2D eigenvalue weighted by atomic mass is 10.0. The lowest BCUT2D eigenvalue weighted by Crippen LogP contribution is -2.60. The number of carbonyl (C=O) groups is 2. The summed E-state index contributed by atoms with van der Waals surface area (Å²) in [6.07, 6.45) is 5.38. The van der Waals surface area contributed by atoms with Crippen molar-refractivity contribution in [3.05, 3.63) is 65.7 Å². The van der Waals surface area contributed by atoms with Crippen molar-refractivity contribution in [3.8, 4) is 11.4 Å². The standard InChI is InChI=1S/C27H32N6O3/c1-29-17-23(24(28)33-14-7-11-18(27(33)36)8-4-5-15-34)32-26(35)20-10-6-9-19(16-20)25-30-21-12-2-3-13-22(21)31-25/h2-3,6,9-13,16-17,23-24,34H,4-5,7-8,14-15,28H2,1H3,(H,30,31)(H,32,35). The van der Waals surface area contributed by atoms with Crippen molar-refractivity contribution in [2.45, 2.75) is 37.9 Å². The van der Waals surface area contributed by atoms with Crippen LogP contribution in [0.1, 0.15) is 36.0 Å². The molecule has 0 radical (unpaired) electrons. The highest BCUT2D eigenvalue weighted by Gasteiger charge is 2.31. The fraction of sp³-hybridized carbons (Fsp3) is 0.333. The van der Waals surface area contributed by atoms with E-state index in [1.807, 2.05) is 36.4 Å². The molecular formula is C27H32N6O3. The highest BCUT2D eigenvalue weighted by atomic mass is 16.3. The first-order valence-electron chi connectivity index (χ1n) is 12.2. The minimum Gasteiger partial charge on any atom is -0.396 e. The van der Waals surface area contributed by atoms with Crippen LogP contribution >= 0.6 is 0 Å². The van der Waals surface area contributed by atoms with Crippen molar-refractivity contribution in [3.63, 3.8) is 0 Å². The predicted molar refractivity (Wildman–Crippen MR) is 141 cm³/mol. The molecule has 2 unspecified atom stereocenters. The normalized spacial score (nSPS) is 15.8. The summed E-state index contributed by atoms with van der Waals surface area (Å²) in [5.74, 6) is 0.215. The van der Waals surface area contributed by atoms with E-state index in [0.29, 0.717) is 42.8 Å². The molecular weight excluding hydrogens is 456 g/mol. The molecule has 0 spiro atoms. The minimum absolute atomic E-state index is 0.101. The number of unbranched alkanes of at least 4 members (excludes halogenated alkanes) is 1. The molecule has 188 valence electrons. The number of aliphatic imine (C=N–C) groups is 1. The van der Waals surface area contributed by atoms with Crippen molar-refractivity contribution in [2.24, 2.45) is 10.7 Å². The van der Waals surface area contributed by atoms with Crippen LogP contribution in [0, 0.1) is 0 Å². The number of amides is 2. The number of aromatic amines is 1. The van der Waals surface area contributed by atoms with Crippen LogP contribution in [0.5, 0.6) is 0 Å². The summed E-state index contributed by atoms with van der Waals surface area (Å²) in [5, 5.41) is 12.0. The second-order valence-electron chi connectivity index (χ2n) is 8.78. The van der Waals surface area contributed by atoms with Crippen molar-refractivity contribution >= 4 is 29.1 Å². The van der Waals surface area contributed by atoms with Crippen molar-refractivity contribution in [1.29, 1.82) is 0 Å².